The van der Waals surface area contributed by atoms with Crippen molar-refractivity contribution in [2.24, 2.45) is 0 Å². The van der Waals surface area contributed by atoms with Crippen LogP contribution in [0.2, 0.25) is 0 Å². The third kappa shape index (κ3) is 4.83. The van der Waals surface area contributed by atoms with Crippen LogP contribution in [0.1, 0.15) is 42.0 Å². The molecule has 184 valence electrons. The molecule has 1 aromatic heterocycles. The molecule has 36 heavy (non-hydrogen) atoms. The number of hydrogen-bond donors (Lipinski definition) is 2. The fourth-order valence-electron chi connectivity index (χ4n) is 5.25. The third-order valence-electron chi connectivity index (χ3n) is 7.00. The van der Waals surface area contributed by atoms with Crippen molar-refractivity contribution in [1.29, 1.82) is 0 Å². The molecule has 2 aliphatic rings. The van der Waals surface area contributed by atoms with Crippen LogP contribution in [0.5, 0.6) is 0 Å². The molecular weight excluding hydrogens is 492 g/mol. The molecule has 2 aliphatic heterocycles. The molecule has 3 aromatic rings. The van der Waals surface area contributed by atoms with Crippen LogP contribution in [0.15, 0.2) is 65.4 Å². The first-order valence-corrected chi connectivity index (χ1v) is 13.4. The van der Waals surface area contributed by atoms with Crippen LogP contribution in [0.4, 0.5) is 0 Å². The van der Waals surface area contributed by atoms with Crippen LogP contribution < -0.4 is 5.32 Å². The summed E-state index contributed by atoms with van der Waals surface area (Å²) in [5, 5.41) is 16.7. The van der Waals surface area contributed by atoms with Gasteiger partial charge in [-0.3, -0.25) is 9.59 Å². The van der Waals surface area contributed by atoms with Crippen molar-refractivity contribution in [2.45, 2.75) is 50.2 Å². The Morgan fingerprint density at radius 2 is 1.89 bits per heavy atom. The van der Waals surface area contributed by atoms with Gasteiger partial charge in [-0.15, -0.1) is 0 Å². The summed E-state index contributed by atoms with van der Waals surface area (Å²) in [5.41, 5.74) is 4.91. The topological polar surface area (TPSA) is 86.7 Å². The highest BCUT2D eigenvalue weighted by atomic mass is 32.1. The first-order valence-electron chi connectivity index (χ1n) is 12.0. The van der Waals surface area contributed by atoms with Crippen molar-refractivity contribution in [3.8, 4) is 11.1 Å². The van der Waals surface area contributed by atoms with Gasteiger partial charge in [0.1, 0.15) is 12.1 Å². The Balaban J connectivity index is 1.49. The van der Waals surface area contributed by atoms with Crippen molar-refractivity contribution >= 4 is 46.2 Å². The smallest absolute Gasteiger partial charge is 0.326 e. The van der Waals surface area contributed by atoms with E-state index in [0.29, 0.717) is 25.7 Å². The number of nitrogens with one attached hydrogen (secondary N) is 1. The molecule has 2 aromatic carbocycles. The van der Waals surface area contributed by atoms with Gasteiger partial charge >= 0.3 is 5.97 Å². The predicted molar refractivity (Wildman–Crippen MR) is 143 cm³/mol. The number of carboxylic acids is 1. The minimum absolute atomic E-state index is 0.204. The van der Waals surface area contributed by atoms with Crippen LogP contribution in [0, 0.1) is 0 Å². The molecule has 3 heterocycles. The number of piperidine rings is 1. The zero-order valence-corrected chi connectivity index (χ0v) is 21.2. The Bertz CT molecular complexity index is 1310. The summed E-state index contributed by atoms with van der Waals surface area (Å²) in [6.07, 6.45) is 2.39. The molecule has 1 fully saturated rings. The van der Waals surface area contributed by atoms with Gasteiger partial charge in [0.2, 0.25) is 5.91 Å². The first kappa shape index (κ1) is 24.3. The monoisotopic (exact) mass is 518 g/mol. The average Bonchev–Trinajstić information content (AvgIpc) is 3.37. The van der Waals surface area contributed by atoms with E-state index in [4.69, 9.17) is 12.2 Å². The Kier molecular flexibility index (Phi) is 6.98. The minimum Gasteiger partial charge on any atom is -0.480 e. The highest BCUT2D eigenvalue weighted by Gasteiger charge is 2.44. The number of rotatable bonds is 6. The Morgan fingerprint density at radius 1 is 1.08 bits per heavy atom. The molecule has 0 aliphatic carbocycles. The summed E-state index contributed by atoms with van der Waals surface area (Å²) in [5.74, 6) is -1.84. The van der Waals surface area contributed by atoms with E-state index in [2.05, 4.69) is 11.4 Å². The molecule has 1 saturated heterocycles. The molecule has 0 radical (unpaired) electrons. The standard InChI is InChI=1S/C28H26N2O4S2/c31-26(25(35)13-17-11-12-36-16-17)29-22-15-20-10-9-19(18-5-2-1-3-6-18)14-21(20)23-7-4-8-24(28(33)34)30(23)27(22)32/h1-3,5-6,9-12,14,16,22-24H,4,7-8,13,15H2,(H,29,31)(H,33,34)/t22-,23+,24-/m0/s1. The van der Waals surface area contributed by atoms with Gasteiger partial charge < -0.3 is 15.3 Å². The molecule has 0 bridgehead atoms. The van der Waals surface area contributed by atoms with E-state index < -0.39 is 24.0 Å². The van der Waals surface area contributed by atoms with Gasteiger partial charge in [-0.25, -0.2) is 4.79 Å². The van der Waals surface area contributed by atoms with Gasteiger partial charge in [-0.1, -0.05) is 54.7 Å². The molecular formula is C28H26N2O4S2. The number of carbonyl (C=O) groups is 3. The molecule has 0 unspecified atom stereocenters. The lowest BCUT2D eigenvalue weighted by atomic mass is 9.87. The summed E-state index contributed by atoms with van der Waals surface area (Å²) in [4.78, 5) is 40.7. The maximum atomic E-state index is 13.8. The molecule has 6 nitrogen and oxygen atoms in total. The van der Waals surface area contributed by atoms with Crippen LogP contribution in [0.25, 0.3) is 11.1 Å². The van der Waals surface area contributed by atoms with Crippen molar-refractivity contribution < 1.29 is 19.5 Å². The van der Waals surface area contributed by atoms with Crippen LogP contribution >= 0.6 is 23.6 Å². The predicted octanol–water partition coefficient (Wildman–Crippen LogP) is 4.58. The van der Waals surface area contributed by atoms with E-state index in [1.54, 1.807) is 0 Å². The zero-order valence-electron chi connectivity index (χ0n) is 19.6. The summed E-state index contributed by atoms with van der Waals surface area (Å²) >= 11 is 6.90. The van der Waals surface area contributed by atoms with E-state index in [1.807, 2.05) is 59.3 Å². The number of benzene rings is 2. The lowest BCUT2D eigenvalue weighted by Gasteiger charge is -2.40. The number of hydrogen-bond acceptors (Lipinski definition) is 5. The molecule has 0 spiro atoms. The quantitative estimate of drug-likeness (QED) is 0.467. The lowest BCUT2D eigenvalue weighted by Crippen LogP contribution is -2.56. The molecule has 3 atom stereocenters. The van der Waals surface area contributed by atoms with Gasteiger partial charge in [-0.05, 0) is 70.0 Å². The molecule has 5 rings (SSSR count). The molecule has 2 N–H and O–H groups in total. The Labute approximate surface area is 219 Å². The maximum Gasteiger partial charge on any atom is 0.326 e. The number of carboxylic acid groups (broad SMARTS) is 1. The first-order chi connectivity index (χ1) is 17.4. The normalized spacial score (nSPS) is 21.2. The largest absolute Gasteiger partial charge is 0.480 e. The highest BCUT2D eigenvalue weighted by molar-refractivity contribution is 7.82. The average molecular weight is 519 g/mol. The second kappa shape index (κ2) is 10.3. The number of carbonyl (C=O) groups excluding carboxylic acids is 2. The van der Waals surface area contributed by atoms with E-state index >= 15 is 0 Å². The number of nitrogens with zero attached hydrogens (tertiary/aromatic N) is 1. The summed E-state index contributed by atoms with van der Waals surface area (Å²) < 4.78 is 0. The van der Waals surface area contributed by atoms with Crippen LogP contribution in [0.3, 0.4) is 0 Å². The van der Waals surface area contributed by atoms with Gasteiger partial charge in [0, 0.05) is 12.8 Å². The third-order valence-corrected chi connectivity index (χ3v) is 8.07. The van der Waals surface area contributed by atoms with Crippen molar-refractivity contribution in [1.82, 2.24) is 10.2 Å². The maximum absolute atomic E-state index is 13.8. The lowest BCUT2D eigenvalue weighted by molar-refractivity contribution is -0.156. The fraction of sp³-hybridized carbons (Fsp3) is 0.286. The number of aliphatic carboxylic acids is 1. The Morgan fingerprint density at radius 3 is 2.61 bits per heavy atom. The van der Waals surface area contributed by atoms with Gasteiger partial charge in [0.15, 0.2) is 0 Å². The van der Waals surface area contributed by atoms with E-state index in [0.717, 1.165) is 27.8 Å². The number of amides is 2. The second-order valence-corrected chi connectivity index (χ2v) is 10.6. The SMILES string of the molecule is O=C(N[C@H]1Cc2ccc(-c3ccccc3)cc2[C@H]2CCC[C@@H](C(=O)O)N2C1=O)C(=S)Cc1ccsc1. The van der Waals surface area contributed by atoms with Gasteiger partial charge in [0.05, 0.1) is 10.9 Å². The molecule has 8 heteroatoms. The van der Waals surface area contributed by atoms with Crippen molar-refractivity contribution in [3.05, 3.63) is 82.0 Å². The van der Waals surface area contributed by atoms with Gasteiger partial charge in [0.25, 0.3) is 5.91 Å². The van der Waals surface area contributed by atoms with E-state index in [9.17, 15) is 19.5 Å². The van der Waals surface area contributed by atoms with Crippen molar-refractivity contribution in [2.75, 3.05) is 0 Å². The summed E-state index contributed by atoms with van der Waals surface area (Å²) in [6, 6.07) is 15.8. The molecule has 0 saturated carbocycles. The summed E-state index contributed by atoms with van der Waals surface area (Å²) in [6.45, 7) is 0. The van der Waals surface area contributed by atoms with Gasteiger partial charge in [-0.2, -0.15) is 11.3 Å². The Hall–Kier alpha value is -3.36. The zero-order chi connectivity index (χ0) is 25.2. The highest BCUT2D eigenvalue weighted by Crippen LogP contribution is 2.40. The fourth-order valence-corrected chi connectivity index (χ4v) is 6.15. The van der Waals surface area contributed by atoms with Crippen LogP contribution in [-0.2, 0) is 27.2 Å². The molecule has 2 amide bonds. The number of fused-ring (bicyclic) bond motifs is 3. The summed E-state index contributed by atoms with van der Waals surface area (Å²) in [7, 11) is 0. The van der Waals surface area contributed by atoms with Crippen molar-refractivity contribution in [3.63, 3.8) is 0 Å². The number of thiophene rings is 1. The van der Waals surface area contributed by atoms with E-state index in [1.165, 1.54) is 16.2 Å². The second-order valence-electron chi connectivity index (χ2n) is 9.29. The number of thiocarbonyl (C=S) groups is 1. The van der Waals surface area contributed by atoms with E-state index in [-0.39, 0.29) is 23.2 Å². The minimum atomic E-state index is -1.02. The van der Waals surface area contributed by atoms with Crippen LogP contribution in [-0.4, -0.2) is 44.7 Å².